The van der Waals surface area contributed by atoms with E-state index >= 15 is 0 Å². The van der Waals surface area contributed by atoms with Crippen molar-refractivity contribution in [1.29, 1.82) is 0 Å². The van der Waals surface area contributed by atoms with Gasteiger partial charge in [-0.15, -0.1) is 24.9 Å². The van der Waals surface area contributed by atoms with Crippen LogP contribution in [0.1, 0.15) is 43.6 Å². The van der Waals surface area contributed by atoms with E-state index in [-0.39, 0.29) is 17.1 Å². The normalized spacial score (nSPS) is 16.4. The Morgan fingerprint density at radius 3 is 2.26 bits per heavy atom. The van der Waals surface area contributed by atoms with Gasteiger partial charge in [0.2, 0.25) is 0 Å². The monoisotopic (exact) mass is 548 g/mol. The van der Waals surface area contributed by atoms with E-state index in [2.05, 4.69) is 15.0 Å². The molecule has 1 amide bonds. The number of amides is 1. The number of halogens is 4. The van der Waals surface area contributed by atoms with E-state index in [9.17, 15) is 22.4 Å². The van der Waals surface area contributed by atoms with Crippen LogP contribution in [0.5, 0.6) is 5.75 Å². The third-order valence-electron chi connectivity index (χ3n) is 6.33. The highest BCUT2D eigenvalue weighted by Gasteiger charge is 2.52. The van der Waals surface area contributed by atoms with Crippen LogP contribution in [-0.2, 0) is 15.1 Å². The minimum Gasteiger partial charge on any atom is -0.406 e. The molecule has 1 aliphatic rings. The molecule has 12 heteroatoms. The second-order valence-corrected chi connectivity index (χ2v) is 10.6. The summed E-state index contributed by atoms with van der Waals surface area (Å²) in [6.45, 7) is 7.56. The molecule has 0 atom stereocenters. The summed E-state index contributed by atoms with van der Waals surface area (Å²) in [5.74, 6) is -0.944. The van der Waals surface area contributed by atoms with Crippen LogP contribution in [0.25, 0.3) is 0 Å². The summed E-state index contributed by atoms with van der Waals surface area (Å²) in [5, 5.41) is 3.20. The van der Waals surface area contributed by atoms with E-state index < -0.39 is 36.4 Å². The van der Waals surface area contributed by atoms with Gasteiger partial charge in [-0.3, -0.25) is 4.79 Å². The Hall–Kier alpha value is -3.09. The summed E-state index contributed by atoms with van der Waals surface area (Å²) in [6.07, 6.45) is -3.44. The number of alkyl halides is 3. The second-order valence-electron chi connectivity index (χ2n) is 9.63. The second kappa shape index (κ2) is 10.6. The molecule has 1 N–H and O–H groups in total. The molecule has 1 fully saturated rings. The molecule has 1 aliphatic heterocycles. The zero-order valence-electron chi connectivity index (χ0n) is 21.1. The number of pyridine rings is 1. The summed E-state index contributed by atoms with van der Waals surface area (Å²) in [4.78, 5) is 16.7. The van der Waals surface area contributed by atoms with Crippen molar-refractivity contribution in [1.82, 2.24) is 4.98 Å². The van der Waals surface area contributed by atoms with Crippen LogP contribution in [0.4, 0.5) is 23.2 Å². The first-order valence-corrected chi connectivity index (χ1v) is 12.6. The van der Waals surface area contributed by atoms with E-state index in [0.29, 0.717) is 21.7 Å². The van der Waals surface area contributed by atoms with E-state index in [0.717, 1.165) is 0 Å². The average Bonchev–Trinajstić information content (AvgIpc) is 3.05. The number of rotatable bonds is 7. The minimum absolute atomic E-state index is 0.239. The maximum absolute atomic E-state index is 13.1. The SMILES string of the molecule is CC1(C)OB(c2ccc(OC(F)(F)F)cc2CSc2ccc(C(=O)Nc3ccc(F)cc3)cn2)OC1(C)C. The average molecular weight is 548 g/mol. The summed E-state index contributed by atoms with van der Waals surface area (Å²) in [7, 11) is -0.777. The number of nitrogens with one attached hydrogen (secondary N) is 1. The molecule has 4 rings (SSSR count). The lowest BCUT2D eigenvalue weighted by Gasteiger charge is -2.32. The van der Waals surface area contributed by atoms with Gasteiger partial charge in [0.1, 0.15) is 11.6 Å². The number of benzene rings is 2. The lowest BCUT2D eigenvalue weighted by molar-refractivity contribution is -0.274. The van der Waals surface area contributed by atoms with Crippen LogP contribution in [0.15, 0.2) is 65.8 Å². The molecule has 1 saturated heterocycles. The van der Waals surface area contributed by atoms with Crippen molar-refractivity contribution < 1.29 is 36.4 Å². The molecule has 200 valence electrons. The van der Waals surface area contributed by atoms with Gasteiger partial charge in [0.15, 0.2) is 0 Å². The molecular weight excluding hydrogens is 523 g/mol. The highest BCUT2D eigenvalue weighted by atomic mass is 32.2. The van der Waals surface area contributed by atoms with Gasteiger partial charge in [-0.05, 0) is 87.3 Å². The Labute approximate surface area is 222 Å². The summed E-state index contributed by atoms with van der Waals surface area (Å²) in [6, 6.07) is 12.6. The van der Waals surface area contributed by atoms with Crippen LogP contribution in [0.2, 0.25) is 0 Å². The maximum Gasteiger partial charge on any atom is 0.573 e. The number of anilines is 1. The van der Waals surface area contributed by atoms with Crippen molar-refractivity contribution in [3.63, 3.8) is 0 Å². The van der Waals surface area contributed by atoms with Crippen molar-refractivity contribution in [2.45, 2.75) is 56.0 Å². The molecular formula is C26H25BF4N2O4S. The van der Waals surface area contributed by atoms with Crippen molar-refractivity contribution in [3.8, 4) is 5.75 Å². The Balaban J connectivity index is 1.50. The van der Waals surface area contributed by atoms with Gasteiger partial charge in [0, 0.05) is 17.6 Å². The topological polar surface area (TPSA) is 69.7 Å². The number of aromatic nitrogens is 1. The Kier molecular flexibility index (Phi) is 7.78. The molecule has 0 bridgehead atoms. The van der Waals surface area contributed by atoms with Crippen LogP contribution in [0.3, 0.4) is 0 Å². The minimum atomic E-state index is -4.83. The third kappa shape index (κ3) is 6.67. The van der Waals surface area contributed by atoms with Gasteiger partial charge in [-0.1, -0.05) is 6.07 Å². The molecule has 38 heavy (non-hydrogen) atoms. The van der Waals surface area contributed by atoms with Crippen LogP contribution < -0.4 is 15.5 Å². The summed E-state index contributed by atoms with van der Waals surface area (Å²) in [5.41, 5.74) is 0.573. The van der Waals surface area contributed by atoms with E-state index in [1.165, 1.54) is 60.4 Å². The molecule has 0 unspecified atom stereocenters. The molecule has 0 radical (unpaired) electrons. The zero-order valence-corrected chi connectivity index (χ0v) is 21.9. The molecule has 0 saturated carbocycles. The maximum atomic E-state index is 13.1. The van der Waals surface area contributed by atoms with E-state index in [1.807, 2.05) is 27.7 Å². The van der Waals surface area contributed by atoms with Crippen LogP contribution in [-0.4, -0.2) is 35.6 Å². The van der Waals surface area contributed by atoms with Crippen molar-refractivity contribution in [2.24, 2.45) is 0 Å². The van der Waals surface area contributed by atoms with Gasteiger partial charge in [-0.2, -0.15) is 0 Å². The smallest absolute Gasteiger partial charge is 0.406 e. The van der Waals surface area contributed by atoms with Gasteiger partial charge < -0.3 is 19.4 Å². The number of ether oxygens (including phenoxy) is 1. The third-order valence-corrected chi connectivity index (χ3v) is 7.32. The van der Waals surface area contributed by atoms with E-state index in [4.69, 9.17) is 9.31 Å². The number of nitrogens with zero attached hydrogens (tertiary/aromatic N) is 1. The number of hydrogen-bond acceptors (Lipinski definition) is 6. The summed E-state index contributed by atoms with van der Waals surface area (Å²) < 4.78 is 67.9. The highest BCUT2D eigenvalue weighted by molar-refractivity contribution is 7.98. The lowest BCUT2D eigenvalue weighted by Crippen LogP contribution is -2.41. The summed E-state index contributed by atoms with van der Waals surface area (Å²) >= 11 is 1.27. The molecule has 3 aromatic rings. The van der Waals surface area contributed by atoms with Crippen LogP contribution >= 0.6 is 11.8 Å². The lowest BCUT2D eigenvalue weighted by atomic mass is 9.76. The molecule has 2 heterocycles. The van der Waals surface area contributed by atoms with Gasteiger partial charge in [-0.25, -0.2) is 9.37 Å². The zero-order chi connectivity index (χ0) is 27.7. The molecule has 0 spiro atoms. The fraction of sp³-hybridized carbons (Fsp3) is 0.308. The van der Waals surface area contributed by atoms with Crippen molar-refractivity contribution >= 4 is 35.9 Å². The largest absolute Gasteiger partial charge is 0.573 e. The molecule has 2 aromatic carbocycles. The molecule has 0 aliphatic carbocycles. The van der Waals surface area contributed by atoms with E-state index in [1.54, 1.807) is 12.1 Å². The number of hydrogen-bond donors (Lipinski definition) is 1. The Morgan fingerprint density at radius 2 is 1.68 bits per heavy atom. The quantitative estimate of drug-likeness (QED) is 0.223. The van der Waals surface area contributed by atoms with Gasteiger partial charge in [0.05, 0.1) is 21.8 Å². The molecule has 6 nitrogen and oxygen atoms in total. The first-order chi connectivity index (χ1) is 17.7. The first kappa shape index (κ1) is 27.9. The Morgan fingerprint density at radius 1 is 1.03 bits per heavy atom. The van der Waals surface area contributed by atoms with Gasteiger partial charge in [0.25, 0.3) is 5.91 Å². The number of carbonyl (C=O) groups excluding carboxylic acids is 1. The predicted molar refractivity (Wildman–Crippen MR) is 137 cm³/mol. The number of carbonyl (C=O) groups is 1. The van der Waals surface area contributed by atoms with Crippen LogP contribution in [0, 0.1) is 5.82 Å². The number of thioether (sulfide) groups is 1. The van der Waals surface area contributed by atoms with Gasteiger partial charge >= 0.3 is 13.5 Å². The Bertz CT molecular complexity index is 1290. The molecule has 1 aromatic heterocycles. The van der Waals surface area contributed by atoms with Crippen molar-refractivity contribution in [3.05, 3.63) is 77.7 Å². The van der Waals surface area contributed by atoms with Crippen molar-refractivity contribution in [2.75, 3.05) is 5.32 Å². The first-order valence-electron chi connectivity index (χ1n) is 11.6. The fourth-order valence-electron chi connectivity index (χ4n) is 3.59. The fourth-order valence-corrected chi connectivity index (χ4v) is 4.44. The standard InChI is InChI=1S/C26H25BF4N2O4S/c1-24(2)25(3,4)37-27(36-24)21-11-10-20(35-26(29,30)31)13-17(21)15-38-22-12-5-16(14-32-22)23(34)33-19-8-6-18(28)7-9-19/h5-14H,15H2,1-4H3,(H,33,34). The predicted octanol–water partition coefficient (Wildman–Crippen LogP) is 5.96. The highest BCUT2D eigenvalue weighted by Crippen LogP contribution is 2.37.